The minimum absolute atomic E-state index is 0.210. The first-order valence-corrected chi connectivity index (χ1v) is 22.2. The third-order valence-electron chi connectivity index (χ3n) is 0.688. The molecule has 0 rings (SSSR count). The summed E-state index contributed by atoms with van der Waals surface area (Å²) in [4.78, 5) is 0. The van der Waals surface area contributed by atoms with Gasteiger partial charge in [-0.15, -0.1) is 0 Å². The molecule has 0 saturated carbocycles. The van der Waals surface area contributed by atoms with Gasteiger partial charge in [0, 0.05) is 0 Å². The third kappa shape index (κ3) is 7.29. The Hall–Kier alpha value is 3.18. The van der Waals surface area contributed by atoms with Gasteiger partial charge in [-0.25, -0.2) is 0 Å². The van der Waals surface area contributed by atoms with Crippen molar-refractivity contribution in [2.24, 2.45) is 0 Å². The van der Waals surface area contributed by atoms with Crippen LogP contribution in [-0.2, 0) is 0 Å². The van der Waals surface area contributed by atoms with Gasteiger partial charge in [0.25, 0.3) is 0 Å². The second-order valence-electron chi connectivity index (χ2n) is 1.37. The number of halogens is 3. The van der Waals surface area contributed by atoms with Crippen molar-refractivity contribution in [2.45, 2.75) is 13.2 Å². The van der Waals surface area contributed by atoms with Gasteiger partial charge in [0.2, 0.25) is 0 Å². The van der Waals surface area contributed by atoms with Crippen LogP contribution in [0.15, 0.2) is 0 Å². The van der Waals surface area contributed by atoms with Crippen LogP contribution in [0, 0.1) is 0 Å². The molecule has 5 heteroatoms. The fraction of sp³-hybridized carbons (Fsp3) is 1.00. The molecule has 0 amide bonds. The monoisotopic (exact) mass is 508 g/mol. The number of rotatable bonds is 4. The van der Waals surface area contributed by atoms with Crippen LogP contribution in [0.4, 0.5) is 0 Å². The van der Waals surface area contributed by atoms with Crippen LogP contribution in [0.2, 0.25) is 4.18 Å². The zero-order valence-electron chi connectivity index (χ0n) is 4.28. The molecule has 0 aliphatic rings. The summed E-state index contributed by atoms with van der Waals surface area (Å²) >= 11 is 10.3. The Morgan fingerprint density at radius 1 is 1.38 bits per heavy atom. The van der Waals surface area contributed by atoms with Gasteiger partial charge in [-0.3, -0.25) is 0 Å². The van der Waals surface area contributed by atoms with E-state index in [9.17, 15) is 0 Å². The Bertz CT molecular complexity index is 51.8. The fourth-order valence-corrected chi connectivity index (χ4v) is 10.9. The molecule has 0 aromatic carbocycles. The predicted octanol–water partition coefficient (Wildman–Crippen LogP) is 2.54. The van der Waals surface area contributed by atoms with Crippen molar-refractivity contribution < 1.29 is 0 Å². The van der Waals surface area contributed by atoms with Crippen molar-refractivity contribution >= 4 is 81.7 Å². The Morgan fingerprint density at radius 2 is 2.00 bits per heavy atom. The zero-order valence-corrected chi connectivity index (χ0v) is 15.6. The van der Waals surface area contributed by atoms with Crippen molar-refractivity contribution in [2.75, 3.05) is 0 Å². The predicted molar refractivity (Wildman–Crippen MR) is 51.5 cm³/mol. The Balaban J connectivity index is 2.86. The first-order valence-electron chi connectivity index (χ1n) is 2.30. The third-order valence-corrected chi connectivity index (χ3v) is 18.3. The molecule has 0 heterocycles. The van der Waals surface area contributed by atoms with Crippen molar-refractivity contribution in [1.82, 2.24) is 0 Å². The van der Waals surface area contributed by atoms with E-state index >= 15 is 0 Å². The summed E-state index contributed by atoms with van der Waals surface area (Å²) in [5.74, 6) is 0. The van der Waals surface area contributed by atoms with E-state index in [4.69, 9.17) is 0 Å². The normalized spacial score (nSPS) is 12.9. The molecule has 44 valence electrons. The van der Waals surface area contributed by atoms with Gasteiger partial charge in [-0.2, -0.15) is 0 Å². The van der Waals surface area contributed by atoms with Crippen LogP contribution in [-0.4, -0.2) is 43.7 Å². The summed E-state index contributed by atoms with van der Waals surface area (Å²) in [6, 6.07) is 0. The maximum absolute atomic E-state index is 3.62. The van der Waals surface area contributed by atoms with E-state index in [1.54, 1.807) is 0 Å². The van der Waals surface area contributed by atoms with Crippen LogP contribution >= 0.6 is 40.5 Å². The van der Waals surface area contributed by atoms with Gasteiger partial charge in [0.15, 0.2) is 0 Å². The van der Waals surface area contributed by atoms with Crippen molar-refractivity contribution in [1.29, 1.82) is 0 Å². The molecule has 1 unspecified atom stereocenters. The fourth-order valence-electron chi connectivity index (χ4n) is 0.285. The minimum atomic E-state index is -0.322. The van der Waals surface area contributed by atoms with E-state index in [0.29, 0.717) is 0 Å². The Labute approximate surface area is 92.8 Å². The van der Waals surface area contributed by atoms with Crippen molar-refractivity contribution in [3.8, 4) is 0 Å². The molecule has 0 aromatic rings. The van der Waals surface area contributed by atoms with E-state index in [2.05, 4.69) is 40.5 Å². The first-order chi connectivity index (χ1) is 3.81. The maximum atomic E-state index is 3.62. The summed E-state index contributed by atoms with van der Waals surface area (Å²) in [6.07, 6.45) is 1.42. The molecule has 0 aromatic heterocycles. The topological polar surface area (TPSA) is 0 Å². The van der Waals surface area contributed by atoms with Crippen LogP contribution in [0.3, 0.4) is 0 Å². The van der Waals surface area contributed by atoms with E-state index < -0.39 is 0 Å². The number of hydrogen-bond donors (Lipinski definition) is 0. The number of alkyl halides is 1. The Kier molecular flexibility index (Phi) is 11.6. The van der Waals surface area contributed by atoms with Crippen LogP contribution < -0.4 is 0 Å². The van der Waals surface area contributed by atoms with Gasteiger partial charge in [-0.1, -0.05) is 0 Å². The SMILES string of the molecule is [Br][In][CH2]C[CH](Br)[In][Br]. The average molecular weight is 510 g/mol. The summed E-state index contributed by atoms with van der Waals surface area (Å²) in [5.41, 5.74) is 0. The van der Waals surface area contributed by atoms with Gasteiger partial charge in [0.1, 0.15) is 0 Å². The molecule has 0 aliphatic carbocycles. The van der Waals surface area contributed by atoms with Gasteiger partial charge >= 0.3 is 94.9 Å². The van der Waals surface area contributed by atoms with E-state index in [-0.39, 0.29) is 41.2 Å². The molecule has 0 fully saturated rings. The second-order valence-corrected chi connectivity index (χ2v) is 18.8. The quantitative estimate of drug-likeness (QED) is 0.511. The van der Waals surface area contributed by atoms with E-state index in [1.165, 1.54) is 10.6 Å². The van der Waals surface area contributed by atoms with E-state index in [0.717, 1.165) is 2.58 Å². The summed E-state index contributed by atoms with van der Waals surface area (Å²) < 4.78 is 2.38. The molecule has 0 spiro atoms. The average Bonchev–Trinajstić information content (AvgIpc) is 1.83. The summed E-state index contributed by atoms with van der Waals surface area (Å²) in [7, 11) is 0. The molecule has 0 N–H and O–H groups in total. The standard InChI is InChI=1S/C3H5Br.2BrH.2In/c1-2-3-4;;;;/h3H,1-2H2;2*1H;;/q;;;2*+1/p-2. The second kappa shape index (κ2) is 8.28. The first kappa shape index (κ1) is 11.2. The van der Waals surface area contributed by atoms with E-state index in [1.807, 2.05) is 0 Å². The van der Waals surface area contributed by atoms with Crippen LogP contribution in [0.25, 0.3) is 0 Å². The molecule has 0 nitrogen and oxygen atoms in total. The summed E-state index contributed by atoms with van der Waals surface area (Å²) in [6.45, 7) is 0. The van der Waals surface area contributed by atoms with Gasteiger partial charge in [-0.05, 0) is 0 Å². The molecule has 8 heavy (non-hydrogen) atoms. The van der Waals surface area contributed by atoms with Gasteiger partial charge < -0.3 is 0 Å². The van der Waals surface area contributed by atoms with Crippen molar-refractivity contribution in [3.05, 3.63) is 0 Å². The zero-order chi connectivity index (χ0) is 6.41. The number of hydrogen-bond acceptors (Lipinski definition) is 0. The van der Waals surface area contributed by atoms with Crippen LogP contribution in [0.1, 0.15) is 6.42 Å². The molecular formula is C3H5Br3In2. The molecule has 1 atom stereocenters. The molecule has 0 bridgehead atoms. The molecular weight excluding hydrogens is 505 g/mol. The molecule has 2 radical (unpaired) electrons. The summed E-state index contributed by atoms with van der Waals surface area (Å²) in [5, 5.41) is 0. The molecule has 0 saturated heterocycles. The molecule has 0 aliphatic heterocycles. The Morgan fingerprint density at radius 3 is 2.38 bits per heavy atom. The van der Waals surface area contributed by atoms with Crippen LogP contribution in [0.5, 0.6) is 0 Å². The van der Waals surface area contributed by atoms with Crippen molar-refractivity contribution in [3.63, 3.8) is 0 Å². The van der Waals surface area contributed by atoms with Gasteiger partial charge in [0.05, 0.1) is 0 Å².